The summed E-state index contributed by atoms with van der Waals surface area (Å²) in [6.07, 6.45) is 3.69. The van der Waals surface area contributed by atoms with E-state index in [0.29, 0.717) is 37.3 Å². The number of nitrogens with one attached hydrogen (secondary N) is 1. The van der Waals surface area contributed by atoms with Crippen LogP contribution in [0.2, 0.25) is 0 Å². The molecule has 1 aliphatic rings. The van der Waals surface area contributed by atoms with Crippen LogP contribution in [-0.2, 0) is 9.53 Å². The molecule has 0 saturated heterocycles. The molecule has 0 aromatic heterocycles. The average molecular weight is 283 g/mol. The van der Waals surface area contributed by atoms with Crippen molar-refractivity contribution in [3.63, 3.8) is 0 Å². The number of hydrogen-bond acceptors (Lipinski definition) is 3. The highest BCUT2D eigenvalue weighted by Gasteiger charge is 2.31. The molecule has 116 valence electrons. The van der Waals surface area contributed by atoms with Gasteiger partial charge in [-0.3, -0.25) is 4.79 Å². The molecule has 3 atom stereocenters. The van der Waals surface area contributed by atoms with Crippen molar-refractivity contribution in [2.75, 3.05) is 26.9 Å². The van der Waals surface area contributed by atoms with Gasteiger partial charge in [-0.05, 0) is 31.1 Å². The lowest BCUT2D eigenvalue weighted by atomic mass is 9.70. The van der Waals surface area contributed by atoms with Gasteiger partial charge in [0.05, 0.1) is 6.61 Å². The van der Waals surface area contributed by atoms with Crippen LogP contribution in [0.4, 0.5) is 0 Å². The molecule has 0 fully saturated rings. The summed E-state index contributed by atoms with van der Waals surface area (Å²) in [7, 11) is 1.63. The average Bonchev–Trinajstić information content (AvgIpc) is 2.40. The lowest BCUT2D eigenvalue weighted by Gasteiger charge is -2.36. The third kappa shape index (κ3) is 4.91. The Bertz CT molecular complexity index is 339. The standard InChI is InChI=1S/C16H29NO3/c1-11(2)15-8-13(12(3)7-14(15)10-18)9-16(19)17-5-6-20-4/h7,11,13-15,18H,5-6,8-10H2,1-4H3,(H,17,19)/t13-,14-,15-/m0/s1. The van der Waals surface area contributed by atoms with Gasteiger partial charge in [-0.2, -0.15) is 0 Å². The van der Waals surface area contributed by atoms with Crippen molar-refractivity contribution in [2.24, 2.45) is 23.7 Å². The molecule has 4 nitrogen and oxygen atoms in total. The summed E-state index contributed by atoms with van der Waals surface area (Å²) in [4.78, 5) is 11.9. The third-order valence-electron chi connectivity index (χ3n) is 4.35. The lowest BCUT2D eigenvalue weighted by Crippen LogP contribution is -2.33. The van der Waals surface area contributed by atoms with Gasteiger partial charge in [0.1, 0.15) is 0 Å². The summed E-state index contributed by atoms with van der Waals surface area (Å²) < 4.78 is 4.93. The maximum atomic E-state index is 11.9. The molecule has 0 radical (unpaired) electrons. The quantitative estimate of drug-likeness (QED) is 0.555. The summed E-state index contributed by atoms with van der Waals surface area (Å²) in [6.45, 7) is 7.78. The number of methoxy groups -OCH3 is 1. The Kier molecular flexibility index (Phi) is 7.24. The number of rotatable bonds is 7. The summed E-state index contributed by atoms with van der Waals surface area (Å²) in [5.74, 6) is 1.61. The van der Waals surface area contributed by atoms with Crippen LogP contribution in [0.3, 0.4) is 0 Å². The molecule has 0 aromatic rings. The van der Waals surface area contributed by atoms with Gasteiger partial charge in [0.2, 0.25) is 5.91 Å². The number of carbonyl (C=O) groups excluding carboxylic acids is 1. The van der Waals surface area contributed by atoms with E-state index in [-0.39, 0.29) is 18.4 Å². The molecule has 0 spiro atoms. The van der Waals surface area contributed by atoms with Crippen molar-refractivity contribution in [3.8, 4) is 0 Å². The molecular formula is C16H29NO3. The van der Waals surface area contributed by atoms with Crippen molar-refractivity contribution in [3.05, 3.63) is 11.6 Å². The fraction of sp³-hybridized carbons (Fsp3) is 0.812. The van der Waals surface area contributed by atoms with E-state index in [1.165, 1.54) is 5.57 Å². The second-order valence-corrected chi connectivity index (χ2v) is 6.14. The van der Waals surface area contributed by atoms with E-state index < -0.39 is 0 Å². The molecular weight excluding hydrogens is 254 g/mol. The minimum Gasteiger partial charge on any atom is -0.396 e. The molecule has 20 heavy (non-hydrogen) atoms. The Morgan fingerprint density at radius 2 is 2.25 bits per heavy atom. The van der Waals surface area contributed by atoms with Crippen LogP contribution < -0.4 is 5.32 Å². The lowest BCUT2D eigenvalue weighted by molar-refractivity contribution is -0.122. The molecule has 0 heterocycles. The molecule has 0 aromatic carbocycles. The SMILES string of the molecule is COCCNC(=O)C[C@@H]1C[C@@H](C(C)C)[C@H](CO)C=C1C. The van der Waals surface area contributed by atoms with E-state index in [9.17, 15) is 9.90 Å². The predicted molar refractivity (Wildman–Crippen MR) is 80.3 cm³/mol. The van der Waals surface area contributed by atoms with E-state index in [1.54, 1.807) is 7.11 Å². The van der Waals surface area contributed by atoms with E-state index >= 15 is 0 Å². The number of allylic oxidation sites excluding steroid dienone is 1. The fourth-order valence-electron chi connectivity index (χ4n) is 3.07. The van der Waals surface area contributed by atoms with Gasteiger partial charge in [0.15, 0.2) is 0 Å². The normalized spacial score (nSPS) is 26.5. The summed E-state index contributed by atoms with van der Waals surface area (Å²) in [6, 6.07) is 0. The van der Waals surface area contributed by atoms with Crippen LogP contribution in [0.1, 0.15) is 33.6 Å². The monoisotopic (exact) mass is 283 g/mol. The van der Waals surface area contributed by atoms with Gasteiger partial charge in [-0.25, -0.2) is 0 Å². The second kappa shape index (κ2) is 8.42. The first-order valence-corrected chi connectivity index (χ1v) is 7.54. The maximum absolute atomic E-state index is 11.9. The minimum absolute atomic E-state index is 0.0877. The number of aliphatic hydroxyl groups excluding tert-OH is 1. The van der Waals surface area contributed by atoms with Crippen LogP contribution in [0.25, 0.3) is 0 Å². The Morgan fingerprint density at radius 1 is 1.55 bits per heavy atom. The third-order valence-corrected chi connectivity index (χ3v) is 4.35. The molecule has 0 saturated carbocycles. The number of carbonyl (C=O) groups is 1. The Balaban J connectivity index is 2.59. The van der Waals surface area contributed by atoms with Crippen LogP contribution in [-0.4, -0.2) is 37.9 Å². The van der Waals surface area contributed by atoms with Gasteiger partial charge in [0.25, 0.3) is 0 Å². The smallest absolute Gasteiger partial charge is 0.220 e. The summed E-state index contributed by atoms with van der Waals surface area (Å²) >= 11 is 0. The highest BCUT2D eigenvalue weighted by atomic mass is 16.5. The van der Waals surface area contributed by atoms with Crippen LogP contribution in [0.15, 0.2) is 11.6 Å². The molecule has 1 rings (SSSR count). The molecule has 2 N–H and O–H groups in total. The van der Waals surface area contributed by atoms with E-state index in [1.807, 2.05) is 0 Å². The second-order valence-electron chi connectivity index (χ2n) is 6.14. The number of hydrogen-bond donors (Lipinski definition) is 2. The number of aliphatic hydroxyl groups is 1. The van der Waals surface area contributed by atoms with Crippen LogP contribution in [0.5, 0.6) is 0 Å². The first kappa shape index (κ1) is 17.2. The zero-order valence-electron chi connectivity index (χ0n) is 13.2. The van der Waals surface area contributed by atoms with E-state index in [0.717, 1.165) is 6.42 Å². The van der Waals surface area contributed by atoms with Crippen molar-refractivity contribution in [1.82, 2.24) is 5.32 Å². The Labute approximate surface area is 122 Å². The highest BCUT2D eigenvalue weighted by Crippen LogP contribution is 2.38. The molecule has 1 aliphatic carbocycles. The highest BCUT2D eigenvalue weighted by molar-refractivity contribution is 5.76. The van der Waals surface area contributed by atoms with E-state index in [4.69, 9.17) is 4.74 Å². The Hall–Kier alpha value is -0.870. The molecule has 1 amide bonds. The Morgan fingerprint density at radius 3 is 2.80 bits per heavy atom. The largest absolute Gasteiger partial charge is 0.396 e. The van der Waals surface area contributed by atoms with Gasteiger partial charge in [-0.15, -0.1) is 0 Å². The molecule has 0 aliphatic heterocycles. The minimum atomic E-state index is 0.0877. The van der Waals surface area contributed by atoms with Gasteiger partial charge >= 0.3 is 0 Å². The predicted octanol–water partition coefficient (Wildman–Crippen LogP) is 1.99. The van der Waals surface area contributed by atoms with Crippen molar-refractivity contribution >= 4 is 5.91 Å². The van der Waals surface area contributed by atoms with Crippen LogP contribution >= 0.6 is 0 Å². The van der Waals surface area contributed by atoms with Gasteiger partial charge in [0, 0.05) is 32.6 Å². The van der Waals surface area contributed by atoms with E-state index in [2.05, 4.69) is 32.2 Å². The summed E-state index contributed by atoms with van der Waals surface area (Å²) in [5, 5.41) is 12.4. The first-order valence-electron chi connectivity index (χ1n) is 7.54. The van der Waals surface area contributed by atoms with Crippen LogP contribution in [0, 0.1) is 23.7 Å². The first-order chi connectivity index (χ1) is 9.49. The zero-order chi connectivity index (χ0) is 15.1. The molecule has 0 bridgehead atoms. The summed E-state index contributed by atoms with van der Waals surface area (Å²) in [5.41, 5.74) is 1.24. The van der Waals surface area contributed by atoms with Gasteiger partial charge in [-0.1, -0.05) is 25.5 Å². The van der Waals surface area contributed by atoms with Crippen molar-refractivity contribution in [2.45, 2.75) is 33.6 Å². The fourth-order valence-corrected chi connectivity index (χ4v) is 3.07. The zero-order valence-corrected chi connectivity index (χ0v) is 13.2. The number of ether oxygens (including phenoxy) is 1. The topological polar surface area (TPSA) is 58.6 Å². The maximum Gasteiger partial charge on any atom is 0.220 e. The number of amides is 1. The van der Waals surface area contributed by atoms with Crippen molar-refractivity contribution < 1.29 is 14.6 Å². The van der Waals surface area contributed by atoms with Crippen molar-refractivity contribution in [1.29, 1.82) is 0 Å². The van der Waals surface area contributed by atoms with Gasteiger partial charge < -0.3 is 15.2 Å². The molecule has 4 heteroatoms. The molecule has 0 unspecified atom stereocenters.